The van der Waals surface area contributed by atoms with Crippen LogP contribution in [0.15, 0.2) is 48.5 Å². The van der Waals surface area contributed by atoms with Crippen LogP contribution in [0.4, 0.5) is 4.79 Å². The van der Waals surface area contributed by atoms with Crippen molar-refractivity contribution in [3.05, 3.63) is 59.7 Å². The first-order chi connectivity index (χ1) is 24.5. The van der Waals surface area contributed by atoms with Gasteiger partial charge < -0.3 is 19.9 Å². The molecule has 0 bridgehead atoms. The Hall–Kier alpha value is -3.68. The number of carboxylic acid groups (broad SMARTS) is 1. The molecule has 2 N–H and O–H groups in total. The van der Waals surface area contributed by atoms with Gasteiger partial charge in [-0.25, -0.2) is 4.79 Å². The van der Waals surface area contributed by atoms with E-state index in [1.165, 1.54) is 67.2 Å². The fourth-order valence-electron chi connectivity index (χ4n) is 6.96. The Balaban J connectivity index is 1.13. The van der Waals surface area contributed by atoms with Crippen molar-refractivity contribution in [3.8, 4) is 11.1 Å². The van der Waals surface area contributed by atoms with Gasteiger partial charge in [0.1, 0.15) is 18.0 Å². The van der Waals surface area contributed by atoms with Crippen molar-refractivity contribution in [2.24, 2.45) is 5.92 Å². The monoisotopic (exact) mass is 705 g/mol. The third-order valence-corrected chi connectivity index (χ3v) is 9.72. The summed E-state index contributed by atoms with van der Waals surface area (Å²) in [4.78, 5) is 48.4. The van der Waals surface area contributed by atoms with E-state index >= 15 is 0 Å². The van der Waals surface area contributed by atoms with Crippen LogP contribution in [0, 0.1) is 5.92 Å². The summed E-state index contributed by atoms with van der Waals surface area (Å²) in [6.07, 6.45) is 16.7. The van der Waals surface area contributed by atoms with Crippen LogP contribution < -0.4 is 5.32 Å². The minimum absolute atomic E-state index is 0.00924. The zero-order valence-corrected chi connectivity index (χ0v) is 31.5. The molecular weight excluding hydrogens is 642 g/mol. The molecule has 0 radical (unpaired) electrons. The molecule has 2 aromatic carbocycles. The van der Waals surface area contributed by atoms with Crippen molar-refractivity contribution in [1.82, 2.24) is 5.32 Å². The van der Waals surface area contributed by atoms with Gasteiger partial charge in [0.2, 0.25) is 0 Å². The number of unbranched alkanes of at least 4 members (excludes halogenated alkanes) is 12. The summed E-state index contributed by atoms with van der Waals surface area (Å²) in [5.41, 5.74) is 4.30. The molecule has 0 unspecified atom stereocenters. The summed E-state index contributed by atoms with van der Waals surface area (Å²) in [6.45, 7) is 6.38. The average molecular weight is 706 g/mol. The number of esters is 1. The quantitative estimate of drug-likeness (QED) is 0.0738. The van der Waals surface area contributed by atoms with Gasteiger partial charge in [0.05, 0.1) is 5.92 Å². The number of carbonyl (C=O) groups excluding carboxylic acids is 3. The largest absolute Gasteiger partial charge is 0.481 e. The molecule has 2 aromatic rings. The Bertz CT molecular complexity index is 1320. The topological polar surface area (TPSA) is 119 Å². The summed E-state index contributed by atoms with van der Waals surface area (Å²) in [5.74, 6) is -1.33. The minimum atomic E-state index is -0.856. The van der Waals surface area contributed by atoms with Gasteiger partial charge in [0, 0.05) is 31.7 Å². The number of alkyl carbamates (subject to hydrolysis) is 1. The Kier molecular flexibility index (Phi) is 18.8. The maximum absolute atomic E-state index is 12.4. The summed E-state index contributed by atoms with van der Waals surface area (Å²) < 4.78 is 10.9. The van der Waals surface area contributed by atoms with E-state index < -0.39 is 23.6 Å². The number of Topliss-reactive ketones (excluding diaryl/α,β-unsaturated/α-hetero) is 1. The van der Waals surface area contributed by atoms with Crippen LogP contribution in [0.5, 0.6) is 0 Å². The second kappa shape index (κ2) is 23.0. The van der Waals surface area contributed by atoms with Gasteiger partial charge in [0.25, 0.3) is 0 Å². The van der Waals surface area contributed by atoms with Crippen molar-refractivity contribution in [1.29, 1.82) is 0 Å². The van der Waals surface area contributed by atoms with Gasteiger partial charge in [-0.2, -0.15) is 0 Å². The van der Waals surface area contributed by atoms with Crippen molar-refractivity contribution in [2.45, 2.75) is 154 Å². The number of ketones is 1. The highest BCUT2D eigenvalue weighted by Crippen LogP contribution is 2.44. The number of nitrogens with one attached hydrogen (secondary N) is 1. The van der Waals surface area contributed by atoms with Crippen LogP contribution in [0.2, 0.25) is 0 Å². The van der Waals surface area contributed by atoms with Crippen molar-refractivity contribution >= 4 is 23.8 Å². The number of amides is 1. The molecule has 282 valence electrons. The molecular formula is C43H63NO7. The van der Waals surface area contributed by atoms with E-state index in [-0.39, 0.29) is 24.3 Å². The van der Waals surface area contributed by atoms with E-state index in [2.05, 4.69) is 29.6 Å². The highest BCUT2D eigenvalue weighted by molar-refractivity contribution is 5.80. The molecule has 1 aliphatic carbocycles. The van der Waals surface area contributed by atoms with Crippen molar-refractivity contribution < 1.29 is 33.8 Å². The smallest absolute Gasteiger partial charge is 0.407 e. The molecule has 1 atom stereocenters. The normalized spacial score (nSPS) is 12.9. The number of benzene rings is 2. The number of hydrogen-bond donors (Lipinski definition) is 2. The number of aliphatic carboxylic acids is 1. The Morgan fingerprint density at radius 1 is 0.667 bits per heavy atom. The van der Waals surface area contributed by atoms with Crippen LogP contribution in [-0.4, -0.2) is 47.7 Å². The van der Waals surface area contributed by atoms with Gasteiger partial charge >= 0.3 is 18.0 Å². The maximum Gasteiger partial charge on any atom is 0.407 e. The molecule has 0 spiro atoms. The van der Waals surface area contributed by atoms with Crippen molar-refractivity contribution in [2.75, 3.05) is 13.2 Å². The predicted molar refractivity (Wildman–Crippen MR) is 203 cm³/mol. The van der Waals surface area contributed by atoms with E-state index in [9.17, 15) is 24.3 Å². The molecule has 8 nitrogen and oxygen atoms in total. The number of carbonyl (C=O) groups is 4. The van der Waals surface area contributed by atoms with Crippen LogP contribution >= 0.6 is 0 Å². The van der Waals surface area contributed by atoms with E-state index in [1.807, 2.05) is 45.0 Å². The van der Waals surface area contributed by atoms with Crippen LogP contribution in [0.25, 0.3) is 11.1 Å². The van der Waals surface area contributed by atoms with Crippen LogP contribution in [-0.2, 0) is 23.9 Å². The number of rotatable bonds is 26. The fourth-order valence-corrected chi connectivity index (χ4v) is 6.96. The lowest BCUT2D eigenvalue weighted by molar-refractivity contribution is -0.155. The first-order valence-electron chi connectivity index (χ1n) is 19.6. The molecule has 0 saturated heterocycles. The van der Waals surface area contributed by atoms with Gasteiger partial charge in [-0.15, -0.1) is 0 Å². The molecule has 8 heteroatoms. The molecule has 1 amide bonds. The summed E-state index contributed by atoms with van der Waals surface area (Å²) >= 11 is 0. The Labute approximate surface area is 306 Å². The molecule has 0 fully saturated rings. The SMILES string of the molecule is CC(C)(C)OC(=O)CCCCCCCCCCCCCCC(=O)CC[C@@H](CCCCNC(=O)OCC1c2ccccc2-c2ccccc21)C(=O)O. The molecule has 0 aromatic heterocycles. The summed E-state index contributed by atoms with van der Waals surface area (Å²) in [5, 5.41) is 12.5. The molecule has 0 saturated carbocycles. The van der Waals surface area contributed by atoms with E-state index in [4.69, 9.17) is 9.47 Å². The second-order valence-electron chi connectivity index (χ2n) is 15.2. The zero-order valence-electron chi connectivity index (χ0n) is 31.5. The average Bonchev–Trinajstić information content (AvgIpc) is 3.41. The molecule has 1 aliphatic rings. The Morgan fingerprint density at radius 3 is 1.71 bits per heavy atom. The van der Waals surface area contributed by atoms with E-state index in [1.54, 1.807) is 0 Å². The first-order valence-corrected chi connectivity index (χ1v) is 19.6. The van der Waals surface area contributed by atoms with Crippen LogP contribution in [0.3, 0.4) is 0 Å². The zero-order chi connectivity index (χ0) is 36.9. The Morgan fingerprint density at radius 2 is 1.18 bits per heavy atom. The number of carboxylic acids is 1. The van der Waals surface area contributed by atoms with Gasteiger partial charge in [0.15, 0.2) is 0 Å². The predicted octanol–water partition coefficient (Wildman–Crippen LogP) is 10.5. The maximum atomic E-state index is 12.4. The van der Waals surface area contributed by atoms with E-state index in [0.717, 1.165) is 32.1 Å². The third kappa shape index (κ3) is 16.5. The van der Waals surface area contributed by atoms with Crippen molar-refractivity contribution in [3.63, 3.8) is 0 Å². The lowest BCUT2D eigenvalue weighted by Crippen LogP contribution is -2.27. The van der Waals surface area contributed by atoms with Gasteiger partial charge in [-0.05, 0) is 75.1 Å². The van der Waals surface area contributed by atoms with Gasteiger partial charge in [-0.1, -0.05) is 119 Å². The third-order valence-electron chi connectivity index (χ3n) is 9.72. The summed E-state index contributed by atoms with van der Waals surface area (Å²) in [7, 11) is 0. The summed E-state index contributed by atoms with van der Waals surface area (Å²) in [6, 6.07) is 16.4. The lowest BCUT2D eigenvalue weighted by Gasteiger charge is -2.19. The minimum Gasteiger partial charge on any atom is -0.481 e. The standard InChI is InChI=1S/C43H63NO7/c1-43(2,3)51-40(46)28-15-13-11-9-7-5-4-6-8-10-12-14-23-34(45)30-29-33(41(47)48)22-20-21-31-44-42(49)50-32-39-37-26-18-16-24-35(37)36-25-17-19-27-38(36)39/h16-19,24-27,33,39H,4-15,20-23,28-32H2,1-3H3,(H,44,49)(H,47,48)/t33-/m1/s1. The lowest BCUT2D eigenvalue weighted by atomic mass is 9.94. The molecule has 3 rings (SSSR count). The highest BCUT2D eigenvalue weighted by atomic mass is 16.6. The number of ether oxygens (including phenoxy) is 2. The molecule has 0 aliphatic heterocycles. The first kappa shape index (κ1) is 41.7. The number of fused-ring (bicyclic) bond motifs is 3. The van der Waals surface area contributed by atoms with Gasteiger partial charge in [-0.3, -0.25) is 14.4 Å². The fraction of sp³-hybridized carbons (Fsp3) is 0.628. The molecule has 51 heavy (non-hydrogen) atoms. The second-order valence-corrected chi connectivity index (χ2v) is 15.2. The number of hydrogen-bond acceptors (Lipinski definition) is 6. The van der Waals surface area contributed by atoms with E-state index in [0.29, 0.717) is 51.5 Å². The highest BCUT2D eigenvalue weighted by Gasteiger charge is 2.29. The molecule has 0 heterocycles. The van der Waals surface area contributed by atoms with Crippen LogP contribution in [0.1, 0.15) is 160 Å².